The van der Waals surface area contributed by atoms with Gasteiger partial charge in [0.05, 0.1) is 6.61 Å². The maximum absolute atomic E-state index is 5.60. The van der Waals surface area contributed by atoms with E-state index in [-0.39, 0.29) is 0 Å². The van der Waals surface area contributed by atoms with E-state index >= 15 is 0 Å². The van der Waals surface area contributed by atoms with Gasteiger partial charge < -0.3 is 14.8 Å². The van der Waals surface area contributed by atoms with Crippen molar-refractivity contribution in [3.8, 4) is 5.75 Å². The van der Waals surface area contributed by atoms with Crippen LogP contribution in [-0.4, -0.2) is 27.4 Å². The summed E-state index contributed by atoms with van der Waals surface area (Å²) in [5.74, 6) is 0.934. The fourth-order valence-electron chi connectivity index (χ4n) is 1.51. The molecule has 0 saturated heterocycles. The normalized spacial score (nSPS) is 12.5. The molecular weight excluding hydrogens is 202 g/mol. The van der Waals surface area contributed by atoms with Gasteiger partial charge in [-0.25, -0.2) is 0 Å². The number of ether oxygens (including phenoxy) is 2. The fourth-order valence-corrected chi connectivity index (χ4v) is 1.51. The molecule has 1 rings (SSSR count). The van der Waals surface area contributed by atoms with E-state index < -0.39 is 0 Å². The second-order valence-corrected chi connectivity index (χ2v) is 3.88. The van der Waals surface area contributed by atoms with Crippen LogP contribution in [0.25, 0.3) is 0 Å². The molecule has 3 nitrogen and oxygen atoms in total. The molecule has 1 unspecified atom stereocenters. The number of methoxy groups -OCH3 is 1. The number of hydrogen-bond donors (Lipinski definition) is 1. The van der Waals surface area contributed by atoms with Crippen LogP contribution in [0, 0.1) is 6.92 Å². The molecule has 0 fully saturated rings. The molecule has 16 heavy (non-hydrogen) atoms. The Kier molecular flexibility index (Phi) is 5.29. The van der Waals surface area contributed by atoms with Crippen LogP contribution in [0.3, 0.4) is 0 Å². The van der Waals surface area contributed by atoms with Crippen LogP contribution in [0.4, 0.5) is 0 Å². The number of aryl methyl sites for hydroxylation is 1. The summed E-state index contributed by atoms with van der Waals surface area (Å²) < 4.78 is 10.5. The Morgan fingerprint density at radius 3 is 2.62 bits per heavy atom. The molecule has 0 aliphatic carbocycles. The van der Waals surface area contributed by atoms with E-state index in [2.05, 4.69) is 31.3 Å². The van der Waals surface area contributed by atoms with Crippen LogP contribution in [0.15, 0.2) is 18.2 Å². The van der Waals surface area contributed by atoms with Crippen LogP contribution in [0.2, 0.25) is 0 Å². The predicted octanol–water partition coefficient (Wildman–Crippen LogP) is 2.30. The zero-order valence-corrected chi connectivity index (χ0v) is 10.5. The van der Waals surface area contributed by atoms with Crippen LogP contribution in [0.1, 0.15) is 24.1 Å². The van der Waals surface area contributed by atoms with Gasteiger partial charge >= 0.3 is 0 Å². The minimum absolute atomic E-state index is 0.367. The maximum atomic E-state index is 5.60. The summed E-state index contributed by atoms with van der Waals surface area (Å²) in [4.78, 5) is 0. The molecule has 0 aliphatic rings. The van der Waals surface area contributed by atoms with Gasteiger partial charge in [0, 0.05) is 13.2 Å². The van der Waals surface area contributed by atoms with Crippen LogP contribution in [0.5, 0.6) is 5.75 Å². The number of benzene rings is 1. The number of rotatable bonds is 6. The first-order valence-electron chi connectivity index (χ1n) is 5.58. The highest BCUT2D eigenvalue weighted by Crippen LogP contribution is 2.22. The van der Waals surface area contributed by atoms with Crippen LogP contribution >= 0.6 is 0 Å². The molecule has 0 amide bonds. The molecule has 1 aromatic rings. The van der Waals surface area contributed by atoms with E-state index in [1.54, 1.807) is 7.11 Å². The van der Waals surface area contributed by atoms with Crippen molar-refractivity contribution in [2.75, 3.05) is 27.4 Å². The topological polar surface area (TPSA) is 30.5 Å². The average molecular weight is 223 g/mol. The van der Waals surface area contributed by atoms with E-state index in [4.69, 9.17) is 9.47 Å². The van der Waals surface area contributed by atoms with Crippen molar-refractivity contribution in [1.29, 1.82) is 0 Å². The third-order valence-electron chi connectivity index (χ3n) is 2.68. The van der Waals surface area contributed by atoms with Crippen molar-refractivity contribution in [2.45, 2.75) is 19.9 Å². The molecule has 1 N–H and O–H groups in total. The highest BCUT2D eigenvalue weighted by atomic mass is 16.5. The lowest BCUT2D eigenvalue weighted by atomic mass is 10.1. The minimum Gasteiger partial charge on any atom is -0.491 e. The molecule has 1 atom stereocenters. The third-order valence-corrected chi connectivity index (χ3v) is 2.68. The summed E-state index contributed by atoms with van der Waals surface area (Å²) in [5, 5.41) is 3.22. The molecule has 90 valence electrons. The van der Waals surface area contributed by atoms with Crippen molar-refractivity contribution in [2.24, 2.45) is 0 Å². The van der Waals surface area contributed by atoms with Gasteiger partial charge in [0.1, 0.15) is 12.4 Å². The molecule has 0 spiro atoms. The lowest BCUT2D eigenvalue weighted by Crippen LogP contribution is -2.12. The Morgan fingerprint density at radius 1 is 1.31 bits per heavy atom. The lowest BCUT2D eigenvalue weighted by Gasteiger charge is -2.14. The van der Waals surface area contributed by atoms with E-state index in [9.17, 15) is 0 Å². The van der Waals surface area contributed by atoms with Gasteiger partial charge in [-0.15, -0.1) is 0 Å². The molecule has 1 aromatic carbocycles. The monoisotopic (exact) mass is 223 g/mol. The van der Waals surface area contributed by atoms with Crippen molar-refractivity contribution < 1.29 is 9.47 Å². The first kappa shape index (κ1) is 13.0. The Bertz CT molecular complexity index is 326. The van der Waals surface area contributed by atoms with Gasteiger partial charge in [0.2, 0.25) is 0 Å². The van der Waals surface area contributed by atoms with Gasteiger partial charge in [0.15, 0.2) is 0 Å². The zero-order valence-electron chi connectivity index (χ0n) is 10.5. The minimum atomic E-state index is 0.367. The van der Waals surface area contributed by atoms with Crippen molar-refractivity contribution >= 4 is 0 Å². The third kappa shape index (κ3) is 3.51. The van der Waals surface area contributed by atoms with Crippen molar-refractivity contribution in [3.05, 3.63) is 29.3 Å². The highest BCUT2D eigenvalue weighted by molar-refractivity contribution is 5.37. The molecule has 0 saturated carbocycles. The van der Waals surface area contributed by atoms with E-state index in [1.807, 2.05) is 13.1 Å². The zero-order chi connectivity index (χ0) is 12.0. The first-order valence-corrected chi connectivity index (χ1v) is 5.58. The van der Waals surface area contributed by atoms with Crippen LogP contribution in [-0.2, 0) is 4.74 Å². The fraction of sp³-hybridized carbons (Fsp3) is 0.538. The van der Waals surface area contributed by atoms with Gasteiger partial charge in [0.25, 0.3) is 0 Å². The van der Waals surface area contributed by atoms with Gasteiger partial charge in [-0.2, -0.15) is 0 Å². The molecule has 0 heterocycles. The van der Waals surface area contributed by atoms with Gasteiger partial charge in [-0.05, 0) is 38.1 Å². The quantitative estimate of drug-likeness (QED) is 0.751. The van der Waals surface area contributed by atoms with Gasteiger partial charge in [-0.1, -0.05) is 12.1 Å². The second kappa shape index (κ2) is 6.51. The summed E-state index contributed by atoms with van der Waals surface area (Å²) in [7, 11) is 3.64. The Balaban J connectivity index is 2.67. The summed E-state index contributed by atoms with van der Waals surface area (Å²) in [6, 6.07) is 6.64. The smallest absolute Gasteiger partial charge is 0.122 e. The number of nitrogens with one attached hydrogen (secondary N) is 1. The SMILES string of the molecule is CNC(C)c1ccc(OCCOC)c(C)c1. The van der Waals surface area contributed by atoms with E-state index in [0.717, 1.165) is 11.3 Å². The molecule has 0 aliphatic heterocycles. The van der Waals surface area contributed by atoms with E-state index in [0.29, 0.717) is 19.3 Å². The summed E-state index contributed by atoms with van der Waals surface area (Å²) >= 11 is 0. The Labute approximate surface area is 97.8 Å². The molecular formula is C13H21NO2. The summed E-state index contributed by atoms with van der Waals surface area (Å²) in [6.45, 7) is 5.42. The Morgan fingerprint density at radius 2 is 2.06 bits per heavy atom. The molecule has 0 aromatic heterocycles. The van der Waals surface area contributed by atoms with Gasteiger partial charge in [-0.3, -0.25) is 0 Å². The second-order valence-electron chi connectivity index (χ2n) is 3.88. The number of hydrogen-bond acceptors (Lipinski definition) is 3. The van der Waals surface area contributed by atoms with Crippen molar-refractivity contribution in [1.82, 2.24) is 5.32 Å². The summed E-state index contributed by atoms with van der Waals surface area (Å²) in [5.41, 5.74) is 2.44. The van der Waals surface area contributed by atoms with E-state index in [1.165, 1.54) is 5.56 Å². The molecule has 0 radical (unpaired) electrons. The first-order chi connectivity index (χ1) is 7.69. The largest absolute Gasteiger partial charge is 0.491 e. The molecule has 0 bridgehead atoms. The molecule has 3 heteroatoms. The summed E-state index contributed by atoms with van der Waals surface area (Å²) in [6.07, 6.45) is 0. The lowest BCUT2D eigenvalue weighted by molar-refractivity contribution is 0.146. The maximum Gasteiger partial charge on any atom is 0.122 e. The highest BCUT2D eigenvalue weighted by Gasteiger charge is 2.05. The Hall–Kier alpha value is -1.06. The predicted molar refractivity (Wildman–Crippen MR) is 66.0 cm³/mol. The van der Waals surface area contributed by atoms with Crippen molar-refractivity contribution in [3.63, 3.8) is 0 Å². The standard InChI is InChI=1S/C13H21NO2/c1-10-9-12(11(2)14-3)5-6-13(10)16-8-7-15-4/h5-6,9,11,14H,7-8H2,1-4H3. The average Bonchev–Trinajstić information content (AvgIpc) is 2.30. The van der Waals surface area contributed by atoms with Crippen LogP contribution < -0.4 is 10.1 Å².